The van der Waals surface area contributed by atoms with Gasteiger partial charge >= 0.3 is 0 Å². The third kappa shape index (κ3) is 1.76. The maximum Gasteiger partial charge on any atom is 0.122 e. The van der Waals surface area contributed by atoms with Crippen LogP contribution in [0.4, 0.5) is 0 Å². The van der Waals surface area contributed by atoms with E-state index in [4.69, 9.17) is 0 Å². The van der Waals surface area contributed by atoms with E-state index in [1.54, 1.807) is 0 Å². The zero-order chi connectivity index (χ0) is 11.0. The Kier molecular flexibility index (Phi) is 2.69. The molecule has 88 valence electrons. The van der Waals surface area contributed by atoms with Crippen LogP contribution in [0.2, 0.25) is 0 Å². The number of hydrogen-bond donors (Lipinski definition) is 1. The lowest BCUT2D eigenvalue weighted by Gasteiger charge is -2.39. The standard InChI is InChI=1S/C12H19N3O/c16-11-4-2-1-3-10(11)15-8-7-14-6-5-13-12(14)9-15/h5-6,10-11,16H,1-4,7-9H2. The first-order valence-electron chi connectivity index (χ1n) is 6.27. The van der Waals surface area contributed by atoms with Crippen molar-refractivity contribution in [3.8, 4) is 0 Å². The maximum atomic E-state index is 10.1. The molecule has 1 aromatic heterocycles. The van der Waals surface area contributed by atoms with Gasteiger partial charge in [0.05, 0.1) is 12.6 Å². The molecule has 0 bridgehead atoms. The lowest BCUT2D eigenvalue weighted by Crippen LogP contribution is -2.48. The molecule has 2 atom stereocenters. The first-order valence-corrected chi connectivity index (χ1v) is 6.27. The van der Waals surface area contributed by atoms with E-state index in [9.17, 15) is 5.11 Å². The van der Waals surface area contributed by atoms with Gasteiger partial charge in [-0.05, 0) is 12.8 Å². The number of aromatic nitrogens is 2. The predicted octanol–water partition coefficient (Wildman–Crippen LogP) is 1.00. The highest BCUT2D eigenvalue weighted by molar-refractivity contribution is 4.97. The average Bonchev–Trinajstić information content (AvgIpc) is 2.76. The molecule has 1 fully saturated rings. The summed E-state index contributed by atoms with van der Waals surface area (Å²) in [6.07, 6.45) is 8.33. The first kappa shape index (κ1) is 10.3. The minimum Gasteiger partial charge on any atom is -0.391 e. The van der Waals surface area contributed by atoms with Crippen molar-refractivity contribution < 1.29 is 5.11 Å². The van der Waals surface area contributed by atoms with Gasteiger partial charge in [-0.2, -0.15) is 0 Å². The highest BCUT2D eigenvalue weighted by atomic mass is 16.3. The molecule has 1 aliphatic carbocycles. The van der Waals surface area contributed by atoms with Gasteiger partial charge in [0.1, 0.15) is 5.82 Å². The lowest BCUT2D eigenvalue weighted by molar-refractivity contribution is 0.00652. The molecule has 0 amide bonds. The molecule has 2 unspecified atom stereocenters. The molecule has 0 spiro atoms. The van der Waals surface area contributed by atoms with Crippen molar-refractivity contribution in [2.24, 2.45) is 0 Å². The summed E-state index contributed by atoms with van der Waals surface area (Å²) in [5.41, 5.74) is 0. The summed E-state index contributed by atoms with van der Waals surface area (Å²) in [7, 11) is 0. The highest BCUT2D eigenvalue weighted by Crippen LogP contribution is 2.25. The number of fused-ring (bicyclic) bond motifs is 1. The third-order valence-corrected chi connectivity index (χ3v) is 3.94. The second kappa shape index (κ2) is 4.18. The minimum atomic E-state index is -0.129. The van der Waals surface area contributed by atoms with E-state index in [0.717, 1.165) is 38.3 Å². The zero-order valence-electron chi connectivity index (χ0n) is 9.55. The van der Waals surface area contributed by atoms with Crippen LogP contribution < -0.4 is 0 Å². The minimum absolute atomic E-state index is 0.129. The Morgan fingerprint density at radius 2 is 2.12 bits per heavy atom. The Hall–Kier alpha value is -0.870. The van der Waals surface area contributed by atoms with Gasteiger partial charge in [-0.3, -0.25) is 4.90 Å². The molecular formula is C12H19N3O. The van der Waals surface area contributed by atoms with Crippen LogP contribution in [0, 0.1) is 0 Å². The summed E-state index contributed by atoms with van der Waals surface area (Å²) in [4.78, 5) is 6.78. The predicted molar refractivity (Wildman–Crippen MR) is 60.9 cm³/mol. The number of rotatable bonds is 1. The van der Waals surface area contributed by atoms with Gasteiger partial charge in [-0.25, -0.2) is 4.98 Å². The van der Waals surface area contributed by atoms with Crippen LogP contribution in [0.1, 0.15) is 31.5 Å². The molecule has 4 nitrogen and oxygen atoms in total. The van der Waals surface area contributed by atoms with Gasteiger partial charge in [-0.1, -0.05) is 12.8 Å². The topological polar surface area (TPSA) is 41.3 Å². The Morgan fingerprint density at radius 3 is 3.00 bits per heavy atom. The number of nitrogens with zero attached hydrogens (tertiary/aromatic N) is 3. The van der Waals surface area contributed by atoms with Crippen LogP contribution in [0.25, 0.3) is 0 Å². The zero-order valence-corrected chi connectivity index (χ0v) is 9.55. The summed E-state index contributed by atoms with van der Waals surface area (Å²) in [6, 6.07) is 0.360. The molecule has 2 aliphatic rings. The van der Waals surface area contributed by atoms with Gasteiger partial charge < -0.3 is 9.67 Å². The van der Waals surface area contributed by atoms with Crippen molar-refractivity contribution in [3.63, 3.8) is 0 Å². The Morgan fingerprint density at radius 1 is 1.25 bits per heavy atom. The van der Waals surface area contributed by atoms with E-state index in [0.29, 0.717) is 6.04 Å². The number of hydrogen-bond acceptors (Lipinski definition) is 3. The summed E-state index contributed by atoms with van der Waals surface area (Å²) in [5, 5.41) is 10.1. The van der Waals surface area contributed by atoms with E-state index < -0.39 is 0 Å². The summed E-state index contributed by atoms with van der Waals surface area (Å²) in [6.45, 7) is 2.96. The lowest BCUT2D eigenvalue weighted by atomic mass is 9.91. The Balaban J connectivity index is 1.72. The van der Waals surface area contributed by atoms with E-state index >= 15 is 0 Å². The van der Waals surface area contributed by atoms with Crippen molar-refractivity contribution in [2.75, 3.05) is 6.54 Å². The second-order valence-electron chi connectivity index (χ2n) is 4.93. The second-order valence-corrected chi connectivity index (χ2v) is 4.93. The molecule has 0 aromatic carbocycles. The first-order chi connectivity index (χ1) is 7.84. The quantitative estimate of drug-likeness (QED) is 0.769. The monoisotopic (exact) mass is 221 g/mol. The number of aliphatic hydroxyl groups is 1. The van der Waals surface area contributed by atoms with E-state index in [-0.39, 0.29) is 6.10 Å². The molecule has 3 rings (SSSR count). The van der Waals surface area contributed by atoms with Crippen molar-refractivity contribution >= 4 is 0 Å². The van der Waals surface area contributed by atoms with E-state index in [2.05, 4.69) is 14.5 Å². The van der Waals surface area contributed by atoms with Gasteiger partial charge in [-0.15, -0.1) is 0 Å². The fraction of sp³-hybridized carbons (Fsp3) is 0.750. The van der Waals surface area contributed by atoms with E-state index in [1.165, 1.54) is 12.8 Å². The van der Waals surface area contributed by atoms with E-state index in [1.807, 2.05) is 12.4 Å². The van der Waals surface area contributed by atoms with Crippen LogP contribution in [-0.4, -0.2) is 38.2 Å². The largest absolute Gasteiger partial charge is 0.391 e. The van der Waals surface area contributed by atoms with Crippen molar-refractivity contribution in [1.29, 1.82) is 0 Å². The molecule has 1 aliphatic heterocycles. The third-order valence-electron chi connectivity index (χ3n) is 3.94. The molecular weight excluding hydrogens is 202 g/mol. The average molecular weight is 221 g/mol. The fourth-order valence-corrected chi connectivity index (χ4v) is 2.99. The molecule has 1 aromatic rings. The fourth-order valence-electron chi connectivity index (χ4n) is 2.99. The van der Waals surface area contributed by atoms with Crippen LogP contribution in [0.15, 0.2) is 12.4 Å². The van der Waals surface area contributed by atoms with Crippen LogP contribution >= 0.6 is 0 Å². The molecule has 2 heterocycles. The van der Waals surface area contributed by atoms with Crippen LogP contribution in [0.5, 0.6) is 0 Å². The summed E-state index contributed by atoms with van der Waals surface area (Å²) < 4.78 is 2.21. The van der Waals surface area contributed by atoms with Gasteiger partial charge in [0.15, 0.2) is 0 Å². The maximum absolute atomic E-state index is 10.1. The number of aliphatic hydroxyl groups excluding tert-OH is 1. The normalized spacial score (nSPS) is 31.3. The Labute approximate surface area is 95.9 Å². The molecule has 0 radical (unpaired) electrons. The van der Waals surface area contributed by atoms with Crippen molar-refractivity contribution in [3.05, 3.63) is 18.2 Å². The van der Waals surface area contributed by atoms with Crippen molar-refractivity contribution in [2.45, 2.75) is 50.9 Å². The smallest absolute Gasteiger partial charge is 0.122 e. The molecule has 0 saturated heterocycles. The van der Waals surface area contributed by atoms with Crippen molar-refractivity contribution in [1.82, 2.24) is 14.5 Å². The molecule has 16 heavy (non-hydrogen) atoms. The van der Waals surface area contributed by atoms with Gasteiger partial charge in [0, 0.05) is 31.5 Å². The SMILES string of the molecule is OC1CCCCC1N1CCn2ccnc2C1. The number of imidazole rings is 1. The molecule has 4 heteroatoms. The Bertz CT molecular complexity index is 363. The summed E-state index contributed by atoms with van der Waals surface area (Å²) >= 11 is 0. The molecule has 1 N–H and O–H groups in total. The highest BCUT2D eigenvalue weighted by Gasteiger charge is 2.30. The van der Waals surface area contributed by atoms with Crippen LogP contribution in [-0.2, 0) is 13.1 Å². The van der Waals surface area contributed by atoms with Gasteiger partial charge in [0.25, 0.3) is 0 Å². The van der Waals surface area contributed by atoms with Gasteiger partial charge in [0.2, 0.25) is 0 Å². The van der Waals surface area contributed by atoms with Crippen LogP contribution in [0.3, 0.4) is 0 Å². The molecule has 1 saturated carbocycles. The summed E-state index contributed by atoms with van der Waals surface area (Å²) in [5.74, 6) is 1.14.